The minimum Gasteiger partial charge on any atom is -0.361 e. The second kappa shape index (κ2) is 11.9. The molecule has 0 aliphatic rings. The van der Waals surface area contributed by atoms with E-state index in [4.69, 9.17) is 0 Å². The van der Waals surface area contributed by atoms with Gasteiger partial charge in [-0.25, -0.2) is 5.01 Å². The normalized spacial score (nSPS) is 13.0. The largest absolute Gasteiger partial charge is 0.361 e. The first-order valence-electron chi connectivity index (χ1n) is 12.2. The van der Waals surface area contributed by atoms with Crippen molar-refractivity contribution in [2.45, 2.75) is 38.8 Å². The van der Waals surface area contributed by atoms with E-state index in [-0.39, 0.29) is 23.6 Å². The lowest BCUT2D eigenvalue weighted by molar-refractivity contribution is -0.153. The first-order chi connectivity index (χ1) is 17.1. The summed E-state index contributed by atoms with van der Waals surface area (Å²) in [6, 6.07) is 15.9. The summed E-state index contributed by atoms with van der Waals surface area (Å²) in [5.41, 5.74) is 2.84. The van der Waals surface area contributed by atoms with Gasteiger partial charge in [-0.1, -0.05) is 62.4 Å². The predicted molar refractivity (Wildman–Crippen MR) is 142 cm³/mol. The Morgan fingerprint density at radius 3 is 2.14 bits per heavy atom. The third-order valence-electron chi connectivity index (χ3n) is 6.53. The summed E-state index contributed by atoms with van der Waals surface area (Å²) in [6.45, 7) is 3.58. The molecule has 1 heterocycles. The van der Waals surface area contributed by atoms with Crippen LogP contribution in [0.3, 0.4) is 0 Å². The van der Waals surface area contributed by atoms with Crippen LogP contribution in [0.5, 0.6) is 0 Å². The molecular weight excluding hydrogens is 454 g/mol. The number of hydrogen-bond donors (Lipinski definition) is 2. The number of para-hydroxylation sites is 1. The van der Waals surface area contributed by atoms with Gasteiger partial charge in [-0.15, -0.1) is 0 Å². The molecule has 0 saturated heterocycles. The summed E-state index contributed by atoms with van der Waals surface area (Å²) in [4.78, 5) is 44.8. The van der Waals surface area contributed by atoms with Crippen LogP contribution in [0.1, 0.15) is 25.0 Å². The van der Waals surface area contributed by atoms with Crippen LogP contribution < -0.4 is 5.32 Å². The van der Waals surface area contributed by atoms with Crippen molar-refractivity contribution in [2.24, 2.45) is 5.92 Å². The number of benzene rings is 2. The Labute approximate surface area is 213 Å². The molecule has 1 aromatic heterocycles. The minimum absolute atomic E-state index is 0.208. The van der Waals surface area contributed by atoms with E-state index in [1.165, 1.54) is 9.91 Å². The Balaban J connectivity index is 1.94. The number of H-pyrrole nitrogens is 1. The van der Waals surface area contributed by atoms with Gasteiger partial charge >= 0.3 is 0 Å². The number of likely N-dealkylation sites (N-methyl/N-ethyl adjacent to an activating group) is 2. The monoisotopic (exact) mass is 491 g/mol. The lowest BCUT2D eigenvalue weighted by Crippen LogP contribution is -2.57. The summed E-state index contributed by atoms with van der Waals surface area (Å²) in [7, 11) is 6.88. The molecule has 36 heavy (non-hydrogen) atoms. The maximum absolute atomic E-state index is 13.9. The molecule has 8 heteroatoms. The summed E-state index contributed by atoms with van der Waals surface area (Å²) in [6.07, 6.45) is 2.54. The number of aromatic amines is 1. The van der Waals surface area contributed by atoms with Crippen LogP contribution in [-0.4, -0.2) is 77.9 Å². The maximum Gasteiger partial charge on any atom is 0.259 e. The van der Waals surface area contributed by atoms with E-state index in [1.807, 2.05) is 60.8 Å². The molecule has 0 aliphatic heterocycles. The van der Waals surface area contributed by atoms with Crippen molar-refractivity contribution in [1.82, 2.24) is 25.2 Å². The molecule has 0 unspecified atom stereocenters. The van der Waals surface area contributed by atoms with Crippen LogP contribution in [0.2, 0.25) is 0 Å². The van der Waals surface area contributed by atoms with Crippen LogP contribution >= 0.6 is 0 Å². The van der Waals surface area contributed by atoms with E-state index in [2.05, 4.69) is 10.3 Å². The molecule has 3 aromatic rings. The third-order valence-corrected chi connectivity index (χ3v) is 6.53. The standard InChI is InChI=1S/C28H37N5O3/c1-19(2)26(34)30-24(17-21-18-29-23-15-11-10-14-22(21)23)27(35)32(5)25(28(36)33(6)31(3)4)16-20-12-8-7-9-13-20/h7-15,18-19,24-25,29H,16-17H2,1-6H3,(H,30,34)/t24-,25-/m1/s1. The Bertz CT molecular complexity index is 1190. The summed E-state index contributed by atoms with van der Waals surface area (Å²) in [5, 5.41) is 7.11. The molecule has 2 atom stereocenters. The average molecular weight is 492 g/mol. The first kappa shape index (κ1) is 26.9. The summed E-state index contributed by atoms with van der Waals surface area (Å²) < 4.78 is 0. The van der Waals surface area contributed by atoms with Crippen molar-refractivity contribution in [3.8, 4) is 0 Å². The van der Waals surface area contributed by atoms with Gasteiger partial charge in [-0.3, -0.25) is 19.4 Å². The number of hydrogen-bond acceptors (Lipinski definition) is 4. The fourth-order valence-electron chi connectivity index (χ4n) is 4.10. The average Bonchev–Trinajstić information content (AvgIpc) is 3.28. The second-order valence-electron chi connectivity index (χ2n) is 9.64. The topological polar surface area (TPSA) is 88.8 Å². The van der Waals surface area contributed by atoms with Gasteiger partial charge in [-0.05, 0) is 17.2 Å². The Morgan fingerprint density at radius 2 is 1.50 bits per heavy atom. The zero-order valence-corrected chi connectivity index (χ0v) is 22.0. The molecule has 2 N–H and O–H groups in total. The number of amides is 3. The number of carbonyl (C=O) groups excluding carboxylic acids is 3. The van der Waals surface area contributed by atoms with Crippen molar-refractivity contribution in [2.75, 3.05) is 28.2 Å². The molecule has 0 saturated carbocycles. The van der Waals surface area contributed by atoms with E-state index in [0.717, 1.165) is 22.0 Å². The zero-order chi connectivity index (χ0) is 26.4. The Morgan fingerprint density at radius 1 is 0.861 bits per heavy atom. The molecule has 3 amide bonds. The van der Waals surface area contributed by atoms with E-state index >= 15 is 0 Å². The van der Waals surface area contributed by atoms with Gasteiger partial charge in [0.1, 0.15) is 12.1 Å². The molecule has 192 valence electrons. The third kappa shape index (κ3) is 6.31. The number of nitrogens with one attached hydrogen (secondary N) is 2. The van der Waals surface area contributed by atoms with E-state index < -0.39 is 12.1 Å². The number of aromatic nitrogens is 1. The quantitative estimate of drug-likeness (QED) is 0.427. The number of fused-ring (bicyclic) bond motifs is 1. The van der Waals surface area contributed by atoms with Crippen molar-refractivity contribution in [1.29, 1.82) is 0 Å². The lowest BCUT2D eigenvalue weighted by atomic mass is 10.00. The van der Waals surface area contributed by atoms with Crippen molar-refractivity contribution in [3.05, 3.63) is 71.9 Å². The van der Waals surface area contributed by atoms with Crippen LogP contribution in [-0.2, 0) is 27.2 Å². The van der Waals surface area contributed by atoms with E-state index in [0.29, 0.717) is 12.8 Å². The van der Waals surface area contributed by atoms with Crippen molar-refractivity contribution >= 4 is 28.6 Å². The van der Waals surface area contributed by atoms with Gasteiger partial charge in [0.25, 0.3) is 5.91 Å². The van der Waals surface area contributed by atoms with Crippen LogP contribution in [0.4, 0.5) is 0 Å². The van der Waals surface area contributed by atoms with E-state index in [9.17, 15) is 14.4 Å². The van der Waals surface area contributed by atoms with Crippen molar-refractivity contribution in [3.63, 3.8) is 0 Å². The van der Waals surface area contributed by atoms with Gasteiger partial charge < -0.3 is 15.2 Å². The number of hydrazine groups is 1. The van der Waals surface area contributed by atoms with E-state index in [1.54, 1.807) is 47.0 Å². The van der Waals surface area contributed by atoms with Crippen LogP contribution in [0.25, 0.3) is 10.9 Å². The van der Waals surface area contributed by atoms with Gasteiger partial charge in [0, 0.05) is 64.1 Å². The Kier molecular flexibility index (Phi) is 8.88. The molecule has 0 fully saturated rings. The molecule has 0 spiro atoms. The highest BCUT2D eigenvalue weighted by Gasteiger charge is 2.35. The molecule has 0 bridgehead atoms. The first-order valence-corrected chi connectivity index (χ1v) is 12.2. The summed E-state index contributed by atoms with van der Waals surface area (Å²) in [5.74, 6) is -1.01. The lowest BCUT2D eigenvalue weighted by Gasteiger charge is -2.35. The predicted octanol–water partition coefficient (Wildman–Crippen LogP) is 2.86. The Hall–Kier alpha value is -3.65. The van der Waals surface area contributed by atoms with Gasteiger partial charge in [0.15, 0.2) is 0 Å². The van der Waals surface area contributed by atoms with Crippen molar-refractivity contribution < 1.29 is 14.4 Å². The molecular formula is C28H37N5O3. The van der Waals surface area contributed by atoms with Crippen LogP contribution in [0.15, 0.2) is 60.8 Å². The molecule has 0 aliphatic carbocycles. The number of nitrogens with zero attached hydrogens (tertiary/aromatic N) is 3. The minimum atomic E-state index is -0.820. The number of carbonyl (C=O) groups is 3. The fourth-order valence-corrected chi connectivity index (χ4v) is 4.10. The SMILES string of the molecule is CC(C)C(=O)N[C@H](Cc1c[nH]c2ccccc12)C(=O)N(C)[C@H](Cc1ccccc1)C(=O)N(C)N(C)C. The summed E-state index contributed by atoms with van der Waals surface area (Å²) >= 11 is 0. The van der Waals surface area contributed by atoms with Gasteiger partial charge in [-0.2, -0.15) is 0 Å². The molecule has 2 aromatic carbocycles. The fraction of sp³-hybridized carbons (Fsp3) is 0.393. The second-order valence-corrected chi connectivity index (χ2v) is 9.64. The highest BCUT2D eigenvalue weighted by molar-refractivity contribution is 5.93. The highest BCUT2D eigenvalue weighted by Crippen LogP contribution is 2.21. The molecule has 0 radical (unpaired) electrons. The molecule has 8 nitrogen and oxygen atoms in total. The smallest absolute Gasteiger partial charge is 0.259 e. The number of rotatable bonds is 10. The molecule has 3 rings (SSSR count). The maximum atomic E-state index is 13.9. The van der Waals surface area contributed by atoms with Gasteiger partial charge in [0.2, 0.25) is 11.8 Å². The van der Waals surface area contributed by atoms with Crippen LogP contribution in [0, 0.1) is 5.92 Å². The highest BCUT2D eigenvalue weighted by atomic mass is 16.2. The van der Waals surface area contributed by atoms with Gasteiger partial charge in [0.05, 0.1) is 0 Å². The zero-order valence-electron chi connectivity index (χ0n) is 22.0.